The SMILES string of the molecule is O=S1(=O)CCCCC1Cc1noc(CCO)n1. The summed E-state index contributed by atoms with van der Waals surface area (Å²) in [6, 6.07) is 0. The Morgan fingerprint density at radius 2 is 2.24 bits per heavy atom. The molecule has 2 rings (SSSR count). The van der Waals surface area contributed by atoms with Gasteiger partial charge in [-0.05, 0) is 12.8 Å². The topological polar surface area (TPSA) is 93.3 Å². The Kier molecular flexibility index (Phi) is 3.78. The summed E-state index contributed by atoms with van der Waals surface area (Å²) in [6.07, 6.45) is 2.99. The third-order valence-corrected chi connectivity index (χ3v) is 5.23. The van der Waals surface area contributed by atoms with Crippen molar-refractivity contribution in [2.75, 3.05) is 12.4 Å². The van der Waals surface area contributed by atoms with E-state index in [0.29, 0.717) is 31.0 Å². The lowest BCUT2D eigenvalue weighted by Crippen LogP contribution is -2.30. The Morgan fingerprint density at radius 3 is 2.94 bits per heavy atom. The molecule has 1 saturated heterocycles. The van der Waals surface area contributed by atoms with Crippen molar-refractivity contribution < 1.29 is 18.0 Å². The highest BCUT2D eigenvalue weighted by molar-refractivity contribution is 7.92. The lowest BCUT2D eigenvalue weighted by atomic mass is 10.1. The normalized spacial score (nSPS) is 23.7. The van der Waals surface area contributed by atoms with E-state index in [4.69, 9.17) is 9.63 Å². The van der Waals surface area contributed by atoms with E-state index in [9.17, 15) is 8.42 Å². The first-order valence-corrected chi connectivity index (χ1v) is 7.47. The Hall–Kier alpha value is -0.950. The summed E-state index contributed by atoms with van der Waals surface area (Å²) in [5, 5.41) is 12.1. The smallest absolute Gasteiger partial charge is 0.228 e. The van der Waals surface area contributed by atoms with Gasteiger partial charge in [-0.3, -0.25) is 0 Å². The molecule has 0 aliphatic carbocycles. The van der Waals surface area contributed by atoms with Crippen LogP contribution in [0.1, 0.15) is 31.0 Å². The highest BCUT2D eigenvalue weighted by Gasteiger charge is 2.30. The second-order valence-electron chi connectivity index (χ2n) is 4.27. The minimum atomic E-state index is -3.00. The van der Waals surface area contributed by atoms with Gasteiger partial charge in [-0.25, -0.2) is 8.42 Å². The van der Waals surface area contributed by atoms with Gasteiger partial charge >= 0.3 is 0 Å². The summed E-state index contributed by atoms with van der Waals surface area (Å²) >= 11 is 0. The fraction of sp³-hybridized carbons (Fsp3) is 0.800. The van der Waals surface area contributed by atoms with Crippen LogP contribution in [0.5, 0.6) is 0 Å². The molecule has 1 unspecified atom stereocenters. The number of sulfone groups is 1. The lowest BCUT2D eigenvalue weighted by Gasteiger charge is -2.20. The van der Waals surface area contributed by atoms with Gasteiger partial charge in [-0.15, -0.1) is 0 Å². The van der Waals surface area contributed by atoms with Gasteiger partial charge in [0, 0.05) is 6.42 Å². The monoisotopic (exact) mass is 260 g/mol. The summed E-state index contributed by atoms with van der Waals surface area (Å²) in [7, 11) is -3.00. The van der Waals surface area contributed by atoms with Crippen LogP contribution in [0.25, 0.3) is 0 Å². The maximum atomic E-state index is 11.8. The van der Waals surface area contributed by atoms with Crippen LogP contribution in [0.4, 0.5) is 0 Å². The molecule has 0 amide bonds. The predicted octanol–water partition coefficient (Wildman–Crippen LogP) is 0.114. The molecular formula is C10H16N2O4S. The van der Waals surface area contributed by atoms with Crippen molar-refractivity contribution in [3.8, 4) is 0 Å². The van der Waals surface area contributed by atoms with Crippen molar-refractivity contribution in [3.05, 3.63) is 11.7 Å². The maximum absolute atomic E-state index is 11.8. The number of aliphatic hydroxyl groups excluding tert-OH is 1. The van der Waals surface area contributed by atoms with Crippen LogP contribution in [-0.4, -0.2) is 41.3 Å². The molecular weight excluding hydrogens is 244 g/mol. The van der Waals surface area contributed by atoms with E-state index in [1.807, 2.05) is 0 Å². The summed E-state index contributed by atoms with van der Waals surface area (Å²) in [4.78, 5) is 4.06. The molecule has 1 aromatic heterocycles. The third kappa shape index (κ3) is 3.04. The molecule has 1 aliphatic heterocycles. The van der Waals surface area contributed by atoms with Crippen molar-refractivity contribution in [2.24, 2.45) is 0 Å². The molecule has 0 radical (unpaired) electrons. The number of rotatable bonds is 4. The largest absolute Gasteiger partial charge is 0.396 e. The first-order chi connectivity index (χ1) is 8.12. The second kappa shape index (κ2) is 5.14. The molecule has 0 bridgehead atoms. The van der Waals surface area contributed by atoms with E-state index in [1.54, 1.807) is 0 Å². The van der Waals surface area contributed by atoms with Crippen molar-refractivity contribution in [1.29, 1.82) is 0 Å². The lowest BCUT2D eigenvalue weighted by molar-refractivity contribution is 0.274. The zero-order valence-corrected chi connectivity index (χ0v) is 10.3. The zero-order chi connectivity index (χ0) is 12.3. The van der Waals surface area contributed by atoms with Gasteiger partial charge in [0.15, 0.2) is 15.7 Å². The Bertz CT molecular complexity index is 468. The summed E-state index contributed by atoms with van der Waals surface area (Å²) < 4.78 is 28.5. The highest BCUT2D eigenvalue weighted by atomic mass is 32.2. The zero-order valence-electron chi connectivity index (χ0n) is 9.50. The van der Waals surface area contributed by atoms with Gasteiger partial charge in [-0.1, -0.05) is 11.6 Å². The molecule has 7 heteroatoms. The van der Waals surface area contributed by atoms with Crippen molar-refractivity contribution in [2.45, 2.75) is 37.4 Å². The van der Waals surface area contributed by atoms with E-state index in [-0.39, 0.29) is 17.6 Å². The first-order valence-electron chi connectivity index (χ1n) is 5.76. The maximum Gasteiger partial charge on any atom is 0.228 e. The minimum absolute atomic E-state index is 0.0522. The summed E-state index contributed by atoms with van der Waals surface area (Å²) in [5.74, 6) is 1.04. The predicted molar refractivity (Wildman–Crippen MR) is 60.2 cm³/mol. The second-order valence-corrected chi connectivity index (χ2v) is 6.67. The molecule has 0 aromatic carbocycles. The first kappa shape index (κ1) is 12.5. The summed E-state index contributed by atoms with van der Waals surface area (Å²) in [6.45, 7) is -0.0522. The fourth-order valence-corrected chi connectivity index (χ4v) is 3.89. The fourth-order valence-electron chi connectivity index (χ4n) is 2.02. The molecule has 17 heavy (non-hydrogen) atoms. The van der Waals surface area contributed by atoms with Gasteiger partial charge in [0.05, 0.1) is 24.0 Å². The number of nitrogens with zero attached hydrogens (tertiary/aromatic N) is 2. The molecule has 1 aromatic rings. The van der Waals surface area contributed by atoms with Crippen LogP contribution in [0, 0.1) is 0 Å². The van der Waals surface area contributed by atoms with E-state index in [0.717, 1.165) is 12.8 Å². The number of aromatic nitrogens is 2. The molecule has 0 spiro atoms. The molecule has 2 heterocycles. The van der Waals surface area contributed by atoms with Crippen LogP contribution in [0.2, 0.25) is 0 Å². The van der Waals surface area contributed by atoms with Crippen molar-refractivity contribution in [1.82, 2.24) is 10.1 Å². The number of hydrogen-bond donors (Lipinski definition) is 1. The van der Waals surface area contributed by atoms with E-state index in [1.165, 1.54) is 0 Å². The average molecular weight is 260 g/mol. The molecule has 0 saturated carbocycles. The molecule has 1 fully saturated rings. The van der Waals surface area contributed by atoms with Gasteiger partial charge in [0.1, 0.15) is 0 Å². The van der Waals surface area contributed by atoms with Gasteiger partial charge < -0.3 is 9.63 Å². The van der Waals surface area contributed by atoms with Crippen LogP contribution in [-0.2, 0) is 22.7 Å². The minimum Gasteiger partial charge on any atom is -0.396 e. The van der Waals surface area contributed by atoms with Gasteiger partial charge in [0.25, 0.3) is 0 Å². The average Bonchev–Trinajstić information content (AvgIpc) is 2.70. The van der Waals surface area contributed by atoms with E-state index in [2.05, 4.69) is 10.1 Å². The molecule has 1 atom stereocenters. The molecule has 1 N–H and O–H groups in total. The van der Waals surface area contributed by atoms with Crippen molar-refractivity contribution >= 4 is 9.84 Å². The van der Waals surface area contributed by atoms with Crippen LogP contribution in [0.15, 0.2) is 4.52 Å². The van der Waals surface area contributed by atoms with E-state index < -0.39 is 9.84 Å². The molecule has 96 valence electrons. The summed E-state index contributed by atoms with van der Waals surface area (Å²) in [5.41, 5.74) is 0. The van der Waals surface area contributed by atoms with E-state index >= 15 is 0 Å². The third-order valence-electron chi connectivity index (χ3n) is 2.96. The van der Waals surface area contributed by atoms with Gasteiger partial charge in [-0.2, -0.15) is 4.98 Å². The van der Waals surface area contributed by atoms with Gasteiger partial charge in [0.2, 0.25) is 5.89 Å². The Labute approximate surface area is 99.9 Å². The quantitative estimate of drug-likeness (QED) is 0.826. The Morgan fingerprint density at radius 1 is 1.41 bits per heavy atom. The molecule has 6 nitrogen and oxygen atoms in total. The van der Waals surface area contributed by atoms with Crippen molar-refractivity contribution in [3.63, 3.8) is 0 Å². The number of hydrogen-bond acceptors (Lipinski definition) is 6. The van der Waals surface area contributed by atoms with Crippen LogP contribution in [0.3, 0.4) is 0 Å². The van der Waals surface area contributed by atoms with Crippen LogP contribution < -0.4 is 0 Å². The highest BCUT2D eigenvalue weighted by Crippen LogP contribution is 2.22. The standard InChI is InChI=1S/C10H16N2O4S/c13-5-4-10-11-9(12-16-10)7-8-3-1-2-6-17(8,14)15/h8,13H,1-7H2. The van der Waals surface area contributed by atoms with Crippen LogP contribution >= 0.6 is 0 Å². The molecule has 1 aliphatic rings. The number of aliphatic hydroxyl groups is 1. The Balaban J connectivity index is 2.04.